The summed E-state index contributed by atoms with van der Waals surface area (Å²) in [6, 6.07) is 15.8. The van der Waals surface area contributed by atoms with Crippen LogP contribution in [0.1, 0.15) is 12.6 Å². The summed E-state index contributed by atoms with van der Waals surface area (Å²) < 4.78 is 0. The molecule has 0 unspecified atom stereocenters. The number of hydrogen-bond acceptors (Lipinski definition) is 5. The van der Waals surface area contributed by atoms with Crippen LogP contribution in [0.3, 0.4) is 0 Å². The summed E-state index contributed by atoms with van der Waals surface area (Å²) in [5.74, 6) is -0.724. The standard InChI is InChI=1S/C21H15ClN4O2S/c1-13(27)24-17-6-8-18(9-7-17)25-20(28)15(11-23)10-19-12-29-21(26-19)14-2-4-16(22)5-3-14/h2-10,12H,1H3,(H,24,27)(H,25,28)/b15-10+. The van der Waals surface area contributed by atoms with Crippen molar-refractivity contribution in [1.82, 2.24) is 4.98 Å². The van der Waals surface area contributed by atoms with Crippen molar-refractivity contribution in [3.63, 3.8) is 0 Å². The predicted molar refractivity (Wildman–Crippen MR) is 116 cm³/mol. The minimum atomic E-state index is -0.541. The molecule has 0 fully saturated rings. The number of nitrogens with one attached hydrogen (secondary N) is 2. The number of rotatable bonds is 5. The second-order valence-electron chi connectivity index (χ2n) is 5.97. The highest BCUT2D eigenvalue weighted by atomic mass is 35.5. The molecule has 0 bridgehead atoms. The Kier molecular flexibility index (Phi) is 6.39. The van der Waals surface area contributed by atoms with E-state index in [0.29, 0.717) is 22.1 Å². The van der Waals surface area contributed by atoms with Crippen LogP contribution in [-0.2, 0) is 9.59 Å². The summed E-state index contributed by atoms with van der Waals surface area (Å²) in [5.41, 5.74) is 2.48. The van der Waals surface area contributed by atoms with E-state index in [9.17, 15) is 14.9 Å². The molecule has 2 N–H and O–H groups in total. The summed E-state index contributed by atoms with van der Waals surface area (Å²) in [6.07, 6.45) is 1.44. The number of aromatic nitrogens is 1. The average Bonchev–Trinajstić information content (AvgIpc) is 3.16. The molecule has 0 atom stereocenters. The van der Waals surface area contributed by atoms with E-state index < -0.39 is 5.91 Å². The van der Waals surface area contributed by atoms with Crippen LogP contribution in [0, 0.1) is 11.3 Å². The Hall–Kier alpha value is -3.47. The molecule has 1 aromatic heterocycles. The summed E-state index contributed by atoms with van der Waals surface area (Å²) in [5, 5.41) is 17.8. The first-order chi connectivity index (χ1) is 13.9. The normalized spacial score (nSPS) is 10.9. The highest BCUT2D eigenvalue weighted by Gasteiger charge is 2.11. The predicted octanol–water partition coefficient (Wildman–Crippen LogP) is 4.97. The molecule has 0 aliphatic carbocycles. The van der Waals surface area contributed by atoms with Crippen molar-refractivity contribution in [2.75, 3.05) is 10.6 Å². The Labute approximate surface area is 176 Å². The maximum atomic E-state index is 12.4. The van der Waals surface area contributed by atoms with Gasteiger partial charge in [-0.2, -0.15) is 5.26 Å². The van der Waals surface area contributed by atoms with Gasteiger partial charge in [-0.05, 0) is 42.5 Å². The summed E-state index contributed by atoms with van der Waals surface area (Å²) in [6.45, 7) is 1.41. The minimum Gasteiger partial charge on any atom is -0.326 e. The van der Waals surface area contributed by atoms with E-state index in [2.05, 4.69) is 15.6 Å². The number of nitrogens with zero attached hydrogens (tertiary/aromatic N) is 2. The van der Waals surface area contributed by atoms with Crippen LogP contribution >= 0.6 is 22.9 Å². The molecular formula is C21H15ClN4O2S. The van der Waals surface area contributed by atoms with Gasteiger partial charge in [0, 0.05) is 34.3 Å². The monoisotopic (exact) mass is 422 g/mol. The lowest BCUT2D eigenvalue weighted by Gasteiger charge is -2.06. The van der Waals surface area contributed by atoms with Gasteiger partial charge in [-0.3, -0.25) is 9.59 Å². The van der Waals surface area contributed by atoms with Crippen LogP contribution in [0.15, 0.2) is 59.5 Å². The smallest absolute Gasteiger partial charge is 0.266 e. The van der Waals surface area contributed by atoms with Gasteiger partial charge in [-0.25, -0.2) is 4.98 Å². The second kappa shape index (κ2) is 9.15. The molecule has 3 rings (SSSR count). The molecule has 0 spiro atoms. The first-order valence-electron chi connectivity index (χ1n) is 8.47. The van der Waals surface area contributed by atoms with Crippen LogP contribution in [0.25, 0.3) is 16.6 Å². The van der Waals surface area contributed by atoms with Gasteiger partial charge in [0.1, 0.15) is 16.6 Å². The van der Waals surface area contributed by atoms with Crippen molar-refractivity contribution in [1.29, 1.82) is 5.26 Å². The fourth-order valence-corrected chi connectivity index (χ4v) is 3.32. The first kappa shape index (κ1) is 20.3. The minimum absolute atomic E-state index is 0.0658. The van der Waals surface area contributed by atoms with Gasteiger partial charge < -0.3 is 10.6 Å². The van der Waals surface area contributed by atoms with Crippen molar-refractivity contribution >= 4 is 52.2 Å². The summed E-state index contributed by atoms with van der Waals surface area (Å²) in [7, 11) is 0. The Balaban J connectivity index is 1.72. The van der Waals surface area contributed by atoms with Crippen molar-refractivity contribution in [2.45, 2.75) is 6.92 Å². The zero-order valence-electron chi connectivity index (χ0n) is 15.3. The number of carbonyl (C=O) groups is 2. The van der Waals surface area contributed by atoms with E-state index in [1.165, 1.54) is 24.3 Å². The fraction of sp³-hybridized carbons (Fsp3) is 0.0476. The number of amides is 2. The van der Waals surface area contributed by atoms with Gasteiger partial charge in [-0.1, -0.05) is 23.7 Å². The van der Waals surface area contributed by atoms with Crippen LogP contribution in [-0.4, -0.2) is 16.8 Å². The lowest BCUT2D eigenvalue weighted by atomic mass is 10.2. The van der Waals surface area contributed by atoms with Crippen molar-refractivity contribution in [3.8, 4) is 16.6 Å². The van der Waals surface area contributed by atoms with E-state index in [0.717, 1.165) is 10.6 Å². The van der Waals surface area contributed by atoms with Gasteiger partial charge >= 0.3 is 0 Å². The van der Waals surface area contributed by atoms with Crippen molar-refractivity contribution in [3.05, 3.63) is 70.2 Å². The van der Waals surface area contributed by atoms with Gasteiger partial charge in [0.25, 0.3) is 5.91 Å². The third kappa shape index (κ3) is 5.51. The molecule has 2 amide bonds. The van der Waals surface area contributed by atoms with Crippen LogP contribution < -0.4 is 10.6 Å². The quantitative estimate of drug-likeness (QED) is 0.448. The number of anilines is 2. The van der Waals surface area contributed by atoms with E-state index in [4.69, 9.17) is 11.6 Å². The Morgan fingerprint density at radius 1 is 1.07 bits per heavy atom. The molecule has 0 aliphatic heterocycles. The van der Waals surface area contributed by atoms with Gasteiger partial charge in [0.2, 0.25) is 5.91 Å². The topological polar surface area (TPSA) is 94.9 Å². The second-order valence-corrected chi connectivity index (χ2v) is 7.26. The average molecular weight is 423 g/mol. The Morgan fingerprint density at radius 2 is 1.69 bits per heavy atom. The SMILES string of the molecule is CC(=O)Nc1ccc(NC(=O)/C(C#N)=C/c2csc(-c3ccc(Cl)cc3)n2)cc1. The number of thiazole rings is 1. The third-order valence-corrected chi connectivity index (χ3v) is 4.90. The molecule has 0 saturated carbocycles. The zero-order chi connectivity index (χ0) is 20.8. The van der Waals surface area contributed by atoms with Crippen molar-refractivity contribution < 1.29 is 9.59 Å². The number of hydrogen-bond donors (Lipinski definition) is 2. The molecule has 2 aromatic carbocycles. The highest BCUT2D eigenvalue weighted by Crippen LogP contribution is 2.26. The molecule has 1 heterocycles. The molecule has 6 nitrogen and oxygen atoms in total. The van der Waals surface area contributed by atoms with E-state index in [1.54, 1.807) is 41.8 Å². The summed E-state index contributed by atoms with van der Waals surface area (Å²) in [4.78, 5) is 27.9. The molecule has 8 heteroatoms. The maximum absolute atomic E-state index is 12.4. The van der Waals surface area contributed by atoms with Crippen LogP contribution in [0.5, 0.6) is 0 Å². The van der Waals surface area contributed by atoms with Gasteiger partial charge in [0.05, 0.1) is 5.69 Å². The zero-order valence-corrected chi connectivity index (χ0v) is 16.8. The highest BCUT2D eigenvalue weighted by molar-refractivity contribution is 7.13. The van der Waals surface area contributed by atoms with Gasteiger partial charge in [-0.15, -0.1) is 11.3 Å². The van der Waals surface area contributed by atoms with E-state index in [1.807, 2.05) is 18.2 Å². The molecule has 3 aromatic rings. The van der Waals surface area contributed by atoms with E-state index in [-0.39, 0.29) is 11.5 Å². The Morgan fingerprint density at radius 3 is 2.28 bits per heavy atom. The lowest BCUT2D eigenvalue weighted by molar-refractivity contribution is -0.114. The van der Waals surface area contributed by atoms with Crippen LogP contribution in [0.4, 0.5) is 11.4 Å². The largest absolute Gasteiger partial charge is 0.326 e. The maximum Gasteiger partial charge on any atom is 0.266 e. The molecule has 0 aliphatic rings. The number of nitriles is 1. The molecule has 0 radical (unpaired) electrons. The van der Waals surface area contributed by atoms with Crippen LogP contribution in [0.2, 0.25) is 5.02 Å². The number of benzene rings is 2. The molecule has 0 saturated heterocycles. The fourth-order valence-electron chi connectivity index (χ4n) is 2.41. The molecular weight excluding hydrogens is 408 g/mol. The van der Waals surface area contributed by atoms with E-state index >= 15 is 0 Å². The molecule has 29 heavy (non-hydrogen) atoms. The van der Waals surface area contributed by atoms with Gasteiger partial charge in [0.15, 0.2) is 0 Å². The van der Waals surface area contributed by atoms with Crippen molar-refractivity contribution in [2.24, 2.45) is 0 Å². The number of halogens is 1. The lowest BCUT2D eigenvalue weighted by Crippen LogP contribution is -2.13. The summed E-state index contributed by atoms with van der Waals surface area (Å²) >= 11 is 7.31. The Bertz CT molecular complexity index is 1110. The first-order valence-corrected chi connectivity index (χ1v) is 9.72. The number of carbonyl (C=O) groups excluding carboxylic acids is 2. The molecule has 144 valence electrons. The third-order valence-electron chi connectivity index (χ3n) is 3.73.